The van der Waals surface area contributed by atoms with E-state index >= 15 is 0 Å². The van der Waals surface area contributed by atoms with E-state index in [0.29, 0.717) is 0 Å². The summed E-state index contributed by atoms with van der Waals surface area (Å²) in [5, 5.41) is 2.61. The fourth-order valence-electron chi connectivity index (χ4n) is 4.04. The first-order valence-electron chi connectivity index (χ1n) is 9.76. The molecule has 2 atom stereocenters. The molecule has 0 aliphatic carbocycles. The molecule has 0 bridgehead atoms. The predicted octanol–water partition coefficient (Wildman–Crippen LogP) is 8.54. The molecule has 2 heterocycles. The average molecular weight is 527 g/mol. The number of fused-ring (bicyclic) bond motifs is 6. The summed E-state index contributed by atoms with van der Waals surface area (Å²) in [6, 6.07) is 34.7. The predicted molar refractivity (Wildman–Crippen MR) is 151 cm³/mol. The Morgan fingerprint density at radius 2 is 0.839 bits per heavy atom. The smallest absolute Gasteiger partial charge is 0.0725 e. The SMILES string of the molecule is S=P1(SP2(=S)Sc3ccccc3-c3ccccc32)Sc2ccccc2-c2ccccc21. The lowest BCUT2D eigenvalue weighted by molar-refractivity contribution is 1.46. The van der Waals surface area contributed by atoms with E-state index in [9.17, 15) is 0 Å². The molecule has 0 amide bonds. The van der Waals surface area contributed by atoms with Crippen LogP contribution in [0.15, 0.2) is 107 Å². The van der Waals surface area contributed by atoms with Crippen LogP contribution < -0.4 is 10.6 Å². The molecule has 4 aromatic rings. The van der Waals surface area contributed by atoms with Gasteiger partial charge in [0.05, 0.1) is 8.88 Å². The van der Waals surface area contributed by atoms with E-state index < -0.39 is 8.88 Å². The summed E-state index contributed by atoms with van der Waals surface area (Å²) in [6.45, 7) is 0. The van der Waals surface area contributed by atoms with Gasteiger partial charge in [0.2, 0.25) is 0 Å². The molecule has 2 unspecified atom stereocenters. The van der Waals surface area contributed by atoms with Gasteiger partial charge in [-0.05, 0) is 34.4 Å². The van der Waals surface area contributed by atoms with Crippen molar-refractivity contribution in [3.05, 3.63) is 97.1 Å². The van der Waals surface area contributed by atoms with Crippen molar-refractivity contribution in [2.24, 2.45) is 0 Å². The fraction of sp³-hybridized carbons (Fsp3) is 0. The van der Waals surface area contributed by atoms with Gasteiger partial charge in [0, 0.05) is 20.4 Å². The Morgan fingerprint density at radius 1 is 0.484 bits per heavy atom. The van der Waals surface area contributed by atoms with Crippen LogP contribution in [0.2, 0.25) is 0 Å². The number of hydrogen-bond acceptors (Lipinski definition) is 5. The van der Waals surface area contributed by atoms with Gasteiger partial charge in [-0.25, -0.2) is 0 Å². The van der Waals surface area contributed by atoms with E-state index in [1.54, 1.807) is 0 Å². The van der Waals surface area contributed by atoms with Gasteiger partial charge in [-0.1, -0.05) is 142 Å². The van der Waals surface area contributed by atoms with E-state index in [1.807, 2.05) is 33.8 Å². The summed E-state index contributed by atoms with van der Waals surface area (Å²) in [4.78, 5) is 2.57. The molecule has 4 aromatic carbocycles. The molecule has 0 N–H and O–H groups in total. The van der Waals surface area contributed by atoms with Gasteiger partial charge in [-0.2, -0.15) is 0 Å². The van der Waals surface area contributed by atoms with Gasteiger partial charge in [0.25, 0.3) is 0 Å². The number of rotatable bonds is 2. The molecular weight excluding hydrogens is 511 g/mol. The molecule has 0 spiro atoms. The minimum atomic E-state index is -2.05. The van der Waals surface area contributed by atoms with Crippen molar-refractivity contribution < 1.29 is 0 Å². The molecule has 6 rings (SSSR count). The lowest BCUT2D eigenvalue weighted by Gasteiger charge is -2.36. The normalized spacial score (nSPS) is 23.2. The van der Waals surface area contributed by atoms with Crippen LogP contribution in [0.3, 0.4) is 0 Å². The minimum Gasteiger partial charge on any atom is -0.0725 e. The molecule has 152 valence electrons. The van der Waals surface area contributed by atoms with Gasteiger partial charge in [0.15, 0.2) is 0 Å². The molecule has 2 aliphatic rings. The second-order valence-electron chi connectivity index (χ2n) is 7.29. The van der Waals surface area contributed by atoms with Crippen LogP contribution in [0.1, 0.15) is 0 Å². The first kappa shape index (κ1) is 20.8. The maximum absolute atomic E-state index is 6.55. The quantitative estimate of drug-likeness (QED) is 0.239. The topological polar surface area (TPSA) is 0 Å². The van der Waals surface area contributed by atoms with Crippen LogP contribution in [0.5, 0.6) is 0 Å². The van der Waals surface area contributed by atoms with Crippen LogP contribution in [-0.2, 0) is 23.6 Å². The highest BCUT2D eigenvalue weighted by molar-refractivity contribution is 9.26. The highest BCUT2D eigenvalue weighted by Gasteiger charge is 2.40. The van der Waals surface area contributed by atoms with Crippen LogP contribution in [-0.4, -0.2) is 0 Å². The molecular formula is C24H16P2S5. The minimum absolute atomic E-state index is 1.28. The lowest BCUT2D eigenvalue weighted by atomic mass is 10.1. The zero-order valence-corrected chi connectivity index (χ0v) is 22.0. The van der Waals surface area contributed by atoms with Crippen LogP contribution >= 0.6 is 42.6 Å². The van der Waals surface area contributed by atoms with E-state index in [4.69, 9.17) is 23.6 Å². The van der Waals surface area contributed by atoms with Gasteiger partial charge in [-0.3, -0.25) is 0 Å². The molecule has 7 heteroatoms. The van der Waals surface area contributed by atoms with E-state index in [0.717, 1.165) is 0 Å². The molecule has 0 saturated heterocycles. The lowest BCUT2D eigenvalue weighted by Crippen LogP contribution is -2.12. The Balaban J connectivity index is 1.52. The highest BCUT2D eigenvalue weighted by atomic mass is 33.5. The van der Waals surface area contributed by atoms with Crippen molar-refractivity contribution in [1.29, 1.82) is 0 Å². The fourth-order valence-corrected chi connectivity index (χ4v) is 39.9. The summed E-state index contributed by atoms with van der Waals surface area (Å²) in [5.41, 5.74) is 5.15. The monoisotopic (exact) mass is 526 g/mol. The first-order valence-corrected chi connectivity index (χ1v) is 20.2. The third-order valence-electron chi connectivity index (χ3n) is 5.40. The van der Waals surface area contributed by atoms with Crippen molar-refractivity contribution in [3.8, 4) is 22.3 Å². The summed E-state index contributed by atoms with van der Waals surface area (Å²) in [7, 11) is 0. The van der Waals surface area contributed by atoms with Crippen LogP contribution in [0, 0.1) is 0 Å². The Kier molecular flexibility index (Phi) is 5.32. The first-order chi connectivity index (χ1) is 15.1. The molecule has 0 saturated carbocycles. The second-order valence-corrected chi connectivity index (χ2v) is 28.7. The zero-order chi connectivity index (χ0) is 21.1. The zero-order valence-electron chi connectivity index (χ0n) is 16.2. The Bertz CT molecular complexity index is 1340. The van der Waals surface area contributed by atoms with E-state index in [2.05, 4.69) is 97.1 Å². The van der Waals surface area contributed by atoms with Crippen molar-refractivity contribution in [2.45, 2.75) is 9.79 Å². The molecule has 0 fully saturated rings. The van der Waals surface area contributed by atoms with Crippen LogP contribution in [0.25, 0.3) is 22.3 Å². The van der Waals surface area contributed by atoms with Gasteiger partial charge in [-0.15, -0.1) is 0 Å². The Labute approximate surface area is 204 Å². The van der Waals surface area contributed by atoms with Crippen molar-refractivity contribution >= 4 is 76.9 Å². The summed E-state index contributed by atoms with van der Waals surface area (Å²) < 4.78 is -4.09. The van der Waals surface area contributed by atoms with Gasteiger partial charge < -0.3 is 0 Å². The molecule has 0 nitrogen and oxygen atoms in total. The standard InChI is InChI=1S/C24H16P2S5/c27-25(21-13-5-1-9-17(21)19-11-3-7-15-23(19)29-25)31-26(28)22-14-6-2-10-18(22)20-12-4-8-16-24(20)30-26/h1-16H. The third-order valence-corrected chi connectivity index (χ3v) is 30.6. The number of benzene rings is 4. The van der Waals surface area contributed by atoms with Crippen molar-refractivity contribution in [3.63, 3.8) is 0 Å². The van der Waals surface area contributed by atoms with Crippen molar-refractivity contribution in [1.82, 2.24) is 0 Å². The van der Waals surface area contributed by atoms with Crippen LogP contribution in [0.4, 0.5) is 0 Å². The summed E-state index contributed by atoms with van der Waals surface area (Å²) >= 11 is 18.8. The summed E-state index contributed by atoms with van der Waals surface area (Å²) in [5.74, 6) is 0. The Morgan fingerprint density at radius 3 is 1.29 bits per heavy atom. The van der Waals surface area contributed by atoms with Crippen molar-refractivity contribution in [2.75, 3.05) is 0 Å². The Hall–Kier alpha value is -0.770. The molecule has 0 radical (unpaired) electrons. The molecule has 2 aliphatic heterocycles. The van der Waals surface area contributed by atoms with E-state index in [1.165, 1.54) is 42.7 Å². The average Bonchev–Trinajstić information content (AvgIpc) is 2.79. The van der Waals surface area contributed by atoms with Gasteiger partial charge >= 0.3 is 0 Å². The molecule has 0 aromatic heterocycles. The number of hydrogen-bond donors (Lipinski definition) is 0. The molecule has 31 heavy (non-hydrogen) atoms. The highest BCUT2D eigenvalue weighted by Crippen LogP contribution is 2.90. The largest absolute Gasteiger partial charge is 0.0959 e. The van der Waals surface area contributed by atoms with E-state index in [-0.39, 0.29) is 0 Å². The second kappa shape index (κ2) is 7.92. The maximum atomic E-state index is 6.55. The third kappa shape index (κ3) is 3.45. The van der Waals surface area contributed by atoms with Gasteiger partial charge in [0.1, 0.15) is 0 Å². The maximum Gasteiger partial charge on any atom is 0.0959 e. The summed E-state index contributed by atoms with van der Waals surface area (Å²) in [6.07, 6.45) is 0.